The maximum Gasteiger partial charge on any atom is 0.237 e. The van der Waals surface area contributed by atoms with Gasteiger partial charge in [0.1, 0.15) is 0 Å². The Hall–Kier alpha value is -0.570. The molecule has 2 bridgehead atoms. The molecule has 62 valence electrons. The number of primary amides is 1. The predicted octanol–water partition coefficient (Wildman–Crippen LogP) is 0.146. The van der Waals surface area contributed by atoms with Crippen LogP contribution in [0.1, 0.15) is 32.1 Å². The van der Waals surface area contributed by atoms with Crippen LogP contribution in [0.15, 0.2) is 0 Å². The number of carbonyl (C=O) groups excluding carboxylic acids is 1. The van der Waals surface area contributed by atoms with Gasteiger partial charge in [0.2, 0.25) is 5.91 Å². The Labute approximate surface area is 66.3 Å². The summed E-state index contributed by atoms with van der Waals surface area (Å²) >= 11 is 0. The number of hydrogen-bond acceptors (Lipinski definition) is 2. The number of carbonyl (C=O) groups is 1. The lowest BCUT2D eigenvalue weighted by Gasteiger charge is -2.31. The Morgan fingerprint density at radius 2 is 2.27 bits per heavy atom. The Balaban J connectivity index is 2.19. The van der Waals surface area contributed by atoms with E-state index in [1.807, 2.05) is 0 Å². The summed E-state index contributed by atoms with van der Waals surface area (Å²) in [6.45, 7) is 0. The summed E-state index contributed by atoms with van der Waals surface area (Å²) in [6.07, 6.45) is 5.39. The van der Waals surface area contributed by atoms with Crippen LogP contribution in [0.5, 0.6) is 0 Å². The molecule has 2 rings (SSSR count). The molecular weight excluding hydrogens is 140 g/mol. The standard InChI is InChI=1S/C8H14N2O/c9-7(11)8-4-1-2-6(10-8)3-5-8/h6,10H,1-5H2,(H2,9,11)/t6-,8+/m0/s1. The highest BCUT2D eigenvalue weighted by atomic mass is 16.1. The summed E-state index contributed by atoms with van der Waals surface area (Å²) in [5.74, 6) is -0.153. The van der Waals surface area contributed by atoms with Crippen molar-refractivity contribution in [3.63, 3.8) is 0 Å². The number of amides is 1. The third kappa shape index (κ3) is 0.948. The summed E-state index contributed by atoms with van der Waals surface area (Å²) in [6, 6.07) is 0.566. The molecule has 2 fully saturated rings. The predicted molar refractivity (Wildman–Crippen MR) is 41.9 cm³/mol. The van der Waals surface area contributed by atoms with Gasteiger partial charge in [-0.1, -0.05) is 0 Å². The van der Waals surface area contributed by atoms with E-state index in [4.69, 9.17) is 5.73 Å². The molecule has 2 saturated heterocycles. The first kappa shape index (κ1) is 7.10. The maximum atomic E-state index is 11.1. The highest BCUT2D eigenvalue weighted by molar-refractivity contribution is 5.85. The van der Waals surface area contributed by atoms with Crippen LogP contribution in [-0.4, -0.2) is 17.5 Å². The van der Waals surface area contributed by atoms with Crippen LogP contribution >= 0.6 is 0 Å². The first-order valence-corrected chi connectivity index (χ1v) is 4.31. The Morgan fingerprint density at radius 1 is 1.45 bits per heavy atom. The molecule has 0 aromatic heterocycles. The monoisotopic (exact) mass is 154 g/mol. The number of piperidine rings is 1. The molecule has 0 radical (unpaired) electrons. The van der Waals surface area contributed by atoms with Crippen molar-refractivity contribution in [1.82, 2.24) is 5.32 Å². The summed E-state index contributed by atoms with van der Waals surface area (Å²) in [5.41, 5.74) is 5.02. The second-order valence-electron chi connectivity index (χ2n) is 3.72. The number of rotatable bonds is 1. The van der Waals surface area contributed by atoms with E-state index >= 15 is 0 Å². The van der Waals surface area contributed by atoms with E-state index in [1.54, 1.807) is 0 Å². The largest absolute Gasteiger partial charge is 0.368 e. The SMILES string of the molecule is NC(=O)[C@@]12CCC[C@@H](CC1)N2. The summed E-state index contributed by atoms with van der Waals surface area (Å²) < 4.78 is 0. The lowest BCUT2D eigenvalue weighted by atomic mass is 9.90. The van der Waals surface area contributed by atoms with Crippen LogP contribution in [0.3, 0.4) is 0 Å². The van der Waals surface area contributed by atoms with Crippen molar-refractivity contribution in [1.29, 1.82) is 0 Å². The fourth-order valence-electron chi connectivity index (χ4n) is 2.34. The maximum absolute atomic E-state index is 11.1. The van der Waals surface area contributed by atoms with Crippen molar-refractivity contribution in [2.45, 2.75) is 43.7 Å². The third-order valence-corrected chi connectivity index (χ3v) is 3.03. The summed E-state index contributed by atoms with van der Waals surface area (Å²) in [5, 5.41) is 3.33. The van der Waals surface area contributed by atoms with Gasteiger partial charge in [-0.15, -0.1) is 0 Å². The van der Waals surface area contributed by atoms with Gasteiger partial charge in [-0.3, -0.25) is 4.79 Å². The Kier molecular flexibility index (Phi) is 1.42. The smallest absolute Gasteiger partial charge is 0.237 e. The zero-order chi connectivity index (χ0) is 7.90. The van der Waals surface area contributed by atoms with Crippen molar-refractivity contribution in [2.75, 3.05) is 0 Å². The fraction of sp³-hybridized carbons (Fsp3) is 0.875. The fourth-order valence-corrected chi connectivity index (χ4v) is 2.34. The van der Waals surface area contributed by atoms with E-state index in [1.165, 1.54) is 6.42 Å². The number of fused-ring (bicyclic) bond motifs is 2. The highest BCUT2D eigenvalue weighted by Crippen LogP contribution is 2.34. The lowest BCUT2D eigenvalue weighted by Crippen LogP contribution is -2.55. The summed E-state index contributed by atoms with van der Waals surface area (Å²) in [7, 11) is 0. The molecule has 3 heteroatoms. The van der Waals surface area contributed by atoms with Gasteiger partial charge in [0.15, 0.2) is 0 Å². The van der Waals surface area contributed by atoms with Crippen molar-refractivity contribution >= 4 is 5.91 Å². The quantitative estimate of drug-likeness (QED) is 0.564. The topological polar surface area (TPSA) is 55.1 Å². The van der Waals surface area contributed by atoms with E-state index in [0.717, 1.165) is 25.7 Å². The molecule has 2 aliphatic heterocycles. The van der Waals surface area contributed by atoms with Crippen LogP contribution in [0.25, 0.3) is 0 Å². The Morgan fingerprint density at radius 3 is 2.91 bits per heavy atom. The van der Waals surface area contributed by atoms with Crippen LogP contribution in [0.2, 0.25) is 0 Å². The van der Waals surface area contributed by atoms with Crippen LogP contribution in [0, 0.1) is 0 Å². The minimum Gasteiger partial charge on any atom is -0.368 e. The van der Waals surface area contributed by atoms with Gasteiger partial charge in [-0.2, -0.15) is 0 Å². The van der Waals surface area contributed by atoms with Crippen molar-refractivity contribution in [3.05, 3.63) is 0 Å². The van der Waals surface area contributed by atoms with Gasteiger partial charge in [0, 0.05) is 6.04 Å². The van der Waals surface area contributed by atoms with Crippen molar-refractivity contribution < 1.29 is 4.79 Å². The van der Waals surface area contributed by atoms with Gasteiger partial charge in [0.25, 0.3) is 0 Å². The lowest BCUT2D eigenvalue weighted by molar-refractivity contribution is -0.124. The number of nitrogens with one attached hydrogen (secondary N) is 1. The molecule has 0 unspecified atom stereocenters. The van der Waals surface area contributed by atoms with E-state index in [-0.39, 0.29) is 11.4 Å². The molecule has 0 aromatic rings. The average molecular weight is 154 g/mol. The van der Waals surface area contributed by atoms with E-state index < -0.39 is 0 Å². The third-order valence-electron chi connectivity index (χ3n) is 3.03. The molecule has 0 aliphatic carbocycles. The molecule has 0 aromatic carbocycles. The molecule has 3 nitrogen and oxygen atoms in total. The second-order valence-corrected chi connectivity index (χ2v) is 3.72. The van der Waals surface area contributed by atoms with E-state index in [9.17, 15) is 4.79 Å². The number of hydrogen-bond donors (Lipinski definition) is 2. The van der Waals surface area contributed by atoms with Crippen LogP contribution < -0.4 is 11.1 Å². The van der Waals surface area contributed by atoms with Crippen molar-refractivity contribution in [2.24, 2.45) is 5.73 Å². The zero-order valence-corrected chi connectivity index (χ0v) is 6.60. The summed E-state index contributed by atoms with van der Waals surface area (Å²) in [4.78, 5) is 11.1. The molecule has 0 saturated carbocycles. The normalized spacial score (nSPS) is 42.4. The van der Waals surface area contributed by atoms with Gasteiger partial charge in [-0.05, 0) is 32.1 Å². The molecule has 0 spiro atoms. The molecule has 2 aliphatic rings. The minimum absolute atomic E-state index is 0.153. The van der Waals surface area contributed by atoms with Gasteiger partial charge < -0.3 is 11.1 Å². The van der Waals surface area contributed by atoms with Gasteiger partial charge in [-0.25, -0.2) is 0 Å². The molecule has 3 N–H and O–H groups in total. The molecule has 11 heavy (non-hydrogen) atoms. The molecular formula is C8H14N2O. The van der Waals surface area contributed by atoms with Gasteiger partial charge >= 0.3 is 0 Å². The van der Waals surface area contributed by atoms with Crippen LogP contribution in [-0.2, 0) is 4.79 Å². The average Bonchev–Trinajstić information content (AvgIpc) is 2.29. The number of nitrogens with two attached hydrogens (primary N) is 1. The highest BCUT2D eigenvalue weighted by Gasteiger charge is 2.45. The Bertz CT molecular complexity index is 189. The first-order valence-electron chi connectivity index (χ1n) is 4.31. The van der Waals surface area contributed by atoms with Gasteiger partial charge in [0.05, 0.1) is 5.54 Å². The van der Waals surface area contributed by atoms with E-state index in [0.29, 0.717) is 6.04 Å². The molecule has 2 heterocycles. The molecule has 1 amide bonds. The second kappa shape index (κ2) is 2.21. The van der Waals surface area contributed by atoms with E-state index in [2.05, 4.69) is 5.32 Å². The molecule has 2 atom stereocenters. The first-order chi connectivity index (χ1) is 5.23. The van der Waals surface area contributed by atoms with Crippen LogP contribution in [0.4, 0.5) is 0 Å². The zero-order valence-electron chi connectivity index (χ0n) is 6.60. The minimum atomic E-state index is -0.317. The van der Waals surface area contributed by atoms with Crippen molar-refractivity contribution in [3.8, 4) is 0 Å².